The third-order valence-corrected chi connectivity index (χ3v) is 4.86. The van der Waals surface area contributed by atoms with Gasteiger partial charge < -0.3 is 14.3 Å². The van der Waals surface area contributed by atoms with Crippen LogP contribution in [0.2, 0.25) is 0 Å². The van der Waals surface area contributed by atoms with Gasteiger partial charge in [0.25, 0.3) is 11.5 Å². The molecular weight excluding hydrogens is 390 g/mol. The summed E-state index contributed by atoms with van der Waals surface area (Å²) >= 11 is 0. The van der Waals surface area contributed by atoms with E-state index in [1.807, 2.05) is 0 Å². The number of furan rings is 1. The molecule has 4 aromatic rings. The van der Waals surface area contributed by atoms with Crippen LogP contribution >= 0.6 is 0 Å². The van der Waals surface area contributed by atoms with Crippen LogP contribution in [0.3, 0.4) is 0 Å². The summed E-state index contributed by atoms with van der Waals surface area (Å²) in [4.78, 5) is 25.9. The Labute approximate surface area is 170 Å². The van der Waals surface area contributed by atoms with E-state index < -0.39 is 23.1 Å². The molecule has 30 heavy (non-hydrogen) atoms. The number of carbonyl (C=O) groups is 1. The quantitative estimate of drug-likeness (QED) is 0.539. The van der Waals surface area contributed by atoms with Gasteiger partial charge in [-0.25, -0.2) is 8.78 Å². The van der Waals surface area contributed by atoms with Crippen LogP contribution < -0.4 is 10.9 Å². The van der Waals surface area contributed by atoms with Crippen LogP contribution in [-0.2, 0) is 13.1 Å². The van der Waals surface area contributed by atoms with Crippen molar-refractivity contribution in [3.8, 4) is 0 Å². The number of fused-ring (bicyclic) bond motifs is 1. The van der Waals surface area contributed by atoms with Crippen molar-refractivity contribution < 1.29 is 18.0 Å². The van der Waals surface area contributed by atoms with Crippen molar-refractivity contribution >= 4 is 16.9 Å². The molecule has 0 aliphatic carbocycles. The number of rotatable bonds is 5. The molecule has 0 aliphatic heterocycles. The molecule has 2 aromatic carbocycles. The summed E-state index contributed by atoms with van der Waals surface area (Å²) in [6.07, 6.45) is 1.51. The lowest BCUT2D eigenvalue weighted by molar-refractivity contribution is 0.0950. The minimum Gasteiger partial charge on any atom is -0.460 e. The van der Waals surface area contributed by atoms with E-state index in [9.17, 15) is 18.4 Å². The number of pyridine rings is 1. The molecular formula is C23H18F2N2O3. The number of aryl methyl sites for hydroxylation is 1. The summed E-state index contributed by atoms with van der Waals surface area (Å²) < 4.78 is 34.3. The maximum absolute atomic E-state index is 14.0. The number of amides is 1. The van der Waals surface area contributed by atoms with Gasteiger partial charge in [-0.3, -0.25) is 9.59 Å². The number of nitrogens with zero attached hydrogens (tertiary/aromatic N) is 1. The molecule has 0 radical (unpaired) electrons. The molecule has 0 spiro atoms. The number of benzene rings is 2. The lowest BCUT2D eigenvalue weighted by Crippen LogP contribution is -2.26. The first-order chi connectivity index (χ1) is 14.4. The van der Waals surface area contributed by atoms with E-state index >= 15 is 0 Å². The Bertz CT molecular complexity index is 1310. The van der Waals surface area contributed by atoms with Crippen LogP contribution in [-0.4, -0.2) is 10.5 Å². The second-order valence-corrected chi connectivity index (χ2v) is 6.93. The van der Waals surface area contributed by atoms with Crippen molar-refractivity contribution in [3.05, 3.63) is 105 Å². The Morgan fingerprint density at radius 3 is 2.67 bits per heavy atom. The highest BCUT2D eigenvalue weighted by Gasteiger charge is 2.22. The van der Waals surface area contributed by atoms with Gasteiger partial charge >= 0.3 is 0 Å². The highest BCUT2D eigenvalue weighted by Crippen LogP contribution is 2.23. The number of hydrogen-bond acceptors (Lipinski definition) is 3. The molecule has 7 heteroatoms. The van der Waals surface area contributed by atoms with Gasteiger partial charge in [-0.1, -0.05) is 30.3 Å². The number of halogens is 2. The number of nitrogens with one attached hydrogen (secondary N) is 1. The van der Waals surface area contributed by atoms with Gasteiger partial charge in [0.05, 0.1) is 17.5 Å². The Balaban J connectivity index is 1.67. The maximum atomic E-state index is 14.0. The number of aromatic nitrogens is 1. The van der Waals surface area contributed by atoms with Gasteiger partial charge in [0, 0.05) is 18.3 Å². The van der Waals surface area contributed by atoms with Crippen molar-refractivity contribution in [2.75, 3.05) is 0 Å². The van der Waals surface area contributed by atoms with Crippen molar-refractivity contribution in [2.24, 2.45) is 0 Å². The molecule has 0 aliphatic rings. The van der Waals surface area contributed by atoms with Crippen LogP contribution in [0.25, 0.3) is 11.0 Å². The normalized spacial score (nSPS) is 11.0. The molecule has 5 nitrogen and oxygen atoms in total. The third kappa shape index (κ3) is 3.74. The van der Waals surface area contributed by atoms with E-state index in [1.54, 1.807) is 43.3 Å². The Morgan fingerprint density at radius 1 is 1.10 bits per heavy atom. The van der Waals surface area contributed by atoms with Crippen molar-refractivity contribution in [2.45, 2.75) is 20.0 Å². The summed E-state index contributed by atoms with van der Waals surface area (Å²) in [5.74, 6) is -1.03. The van der Waals surface area contributed by atoms with Gasteiger partial charge in [0.1, 0.15) is 23.0 Å². The fourth-order valence-corrected chi connectivity index (χ4v) is 3.39. The van der Waals surface area contributed by atoms with Crippen molar-refractivity contribution in [1.29, 1.82) is 0 Å². The first kappa shape index (κ1) is 19.6. The minimum atomic E-state index is -0.503. The topological polar surface area (TPSA) is 64.2 Å². The summed E-state index contributed by atoms with van der Waals surface area (Å²) in [5, 5.41) is 2.82. The average Bonchev–Trinajstić information content (AvgIpc) is 3.07. The highest BCUT2D eigenvalue weighted by molar-refractivity contribution is 6.06. The van der Waals surface area contributed by atoms with Gasteiger partial charge in [-0.05, 0) is 36.8 Å². The fraction of sp³-hybridized carbons (Fsp3) is 0.130. The lowest BCUT2D eigenvalue weighted by atomic mass is 10.1. The van der Waals surface area contributed by atoms with Crippen LogP contribution in [0, 0.1) is 18.6 Å². The molecule has 0 unspecified atom stereocenters. The third-order valence-electron chi connectivity index (χ3n) is 4.86. The van der Waals surface area contributed by atoms with Crippen molar-refractivity contribution in [1.82, 2.24) is 9.88 Å². The molecule has 152 valence electrons. The number of carbonyl (C=O) groups excluding carboxylic acids is 1. The fourth-order valence-electron chi connectivity index (χ4n) is 3.39. The Hall–Kier alpha value is -3.74. The zero-order valence-electron chi connectivity index (χ0n) is 16.1. The predicted molar refractivity (Wildman–Crippen MR) is 108 cm³/mol. The molecule has 2 aromatic heterocycles. The molecule has 0 fully saturated rings. The predicted octanol–water partition coefficient (Wildman–Crippen LogP) is 4.16. The summed E-state index contributed by atoms with van der Waals surface area (Å²) in [6.45, 7) is 1.72. The molecule has 0 atom stereocenters. The second kappa shape index (κ2) is 7.94. The molecule has 4 rings (SSSR count). The van der Waals surface area contributed by atoms with Gasteiger partial charge in [-0.15, -0.1) is 0 Å². The van der Waals surface area contributed by atoms with Crippen LogP contribution in [0.5, 0.6) is 0 Å². The van der Waals surface area contributed by atoms with Gasteiger partial charge in [0.15, 0.2) is 0 Å². The SMILES string of the molecule is Cc1oc2ccn(Cc3ccccc3F)c(=O)c2c1C(=O)NCc1cccc(F)c1. The average molecular weight is 408 g/mol. The maximum Gasteiger partial charge on any atom is 0.262 e. The first-order valence-corrected chi connectivity index (χ1v) is 9.32. The van der Waals surface area contributed by atoms with E-state index in [0.717, 1.165) is 0 Å². The zero-order valence-corrected chi connectivity index (χ0v) is 16.1. The molecule has 1 N–H and O–H groups in total. The lowest BCUT2D eigenvalue weighted by Gasteiger charge is -2.08. The largest absolute Gasteiger partial charge is 0.460 e. The minimum absolute atomic E-state index is 0.0238. The Morgan fingerprint density at radius 2 is 1.90 bits per heavy atom. The molecule has 0 bridgehead atoms. The standard InChI is InChI=1S/C23H18F2N2O3/c1-14-20(22(28)26-12-15-5-4-7-17(24)11-15)21-19(30-14)9-10-27(23(21)29)13-16-6-2-3-8-18(16)25/h2-11H,12-13H2,1H3,(H,26,28). The summed E-state index contributed by atoms with van der Waals surface area (Å²) in [5.41, 5.74) is 0.887. The van der Waals surface area contributed by atoms with Crippen LogP contribution in [0.1, 0.15) is 27.2 Å². The van der Waals surface area contributed by atoms with Crippen LogP contribution in [0.15, 0.2) is 70.0 Å². The van der Waals surface area contributed by atoms with Crippen molar-refractivity contribution in [3.63, 3.8) is 0 Å². The smallest absolute Gasteiger partial charge is 0.262 e. The Kier molecular flexibility index (Phi) is 5.18. The van der Waals surface area contributed by atoms with Crippen LogP contribution in [0.4, 0.5) is 8.78 Å². The van der Waals surface area contributed by atoms with E-state index in [4.69, 9.17) is 4.42 Å². The van der Waals surface area contributed by atoms with Gasteiger partial charge in [0.2, 0.25) is 0 Å². The summed E-state index contributed by atoms with van der Waals surface area (Å²) in [6, 6.07) is 13.6. The monoisotopic (exact) mass is 408 g/mol. The van der Waals surface area contributed by atoms with E-state index in [1.165, 1.54) is 29.0 Å². The molecule has 2 heterocycles. The highest BCUT2D eigenvalue weighted by atomic mass is 19.1. The first-order valence-electron chi connectivity index (χ1n) is 9.32. The van der Waals surface area contributed by atoms with E-state index in [-0.39, 0.29) is 29.6 Å². The molecule has 0 saturated heterocycles. The van der Waals surface area contributed by atoms with E-state index in [2.05, 4.69) is 5.32 Å². The van der Waals surface area contributed by atoms with Gasteiger partial charge in [-0.2, -0.15) is 0 Å². The summed E-state index contributed by atoms with van der Waals surface area (Å²) in [7, 11) is 0. The zero-order chi connectivity index (χ0) is 21.3. The second-order valence-electron chi connectivity index (χ2n) is 6.93. The molecule has 0 saturated carbocycles. The number of hydrogen-bond donors (Lipinski definition) is 1. The molecule has 1 amide bonds. The van der Waals surface area contributed by atoms with E-state index in [0.29, 0.717) is 16.9 Å².